The Morgan fingerprint density at radius 3 is 0.583 bits per heavy atom. The van der Waals surface area contributed by atoms with Crippen LogP contribution in [0.25, 0.3) is 0 Å². The Morgan fingerprint density at radius 1 is 0.583 bits per heavy atom. The second-order valence-electron chi connectivity index (χ2n) is 6.70. The average molecular weight is 420 g/mol. The third-order valence-corrected chi connectivity index (χ3v) is 0. The average Bonchev–Trinajstić information content (AvgIpc) is 1.94. The predicted molar refractivity (Wildman–Crippen MR) is 121 cm³/mol. The Balaban J connectivity index is -0.0000000161. The second kappa shape index (κ2) is 49.5. The van der Waals surface area contributed by atoms with Gasteiger partial charge in [-0.15, -0.1) is 19.7 Å². The minimum absolute atomic E-state index is 0. The summed E-state index contributed by atoms with van der Waals surface area (Å²) in [5.74, 6) is 0.833. The maximum absolute atomic E-state index is 3.56. The van der Waals surface area contributed by atoms with Crippen molar-refractivity contribution in [1.82, 2.24) is 4.90 Å². The van der Waals surface area contributed by atoms with Crippen LogP contribution in [0.5, 0.6) is 0 Å². The van der Waals surface area contributed by atoms with Crippen molar-refractivity contribution in [3.8, 4) is 0 Å². The molecule has 0 saturated heterocycles. The van der Waals surface area contributed by atoms with E-state index in [0.717, 1.165) is 5.92 Å². The summed E-state index contributed by atoms with van der Waals surface area (Å²) in [5.41, 5.74) is 3.50. The van der Waals surface area contributed by atoms with Crippen LogP contribution < -0.4 is 0 Å². The van der Waals surface area contributed by atoms with E-state index in [0.29, 0.717) is 0 Å². The van der Waals surface area contributed by atoms with Gasteiger partial charge in [-0.2, -0.15) is 0 Å². The molecular weight excluding hydrogens is 367 g/mol. The quantitative estimate of drug-likeness (QED) is 0.284. The molecule has 0 unspecified atom stereocenters. The zero-order chi connectivity index (χ0) is 17.9. The molecule has 0 amide bonds. The molecule has 0 saturated carbocycles. The van der Waals surface area contributed by atoms with Crippen molar-refractivity contribution in [2.45, 2.75) is 62.3 Å². The number of hydrogen-bond acceptors (Lipinski definition) is 1. The molecule has 0 aliphatic rings. The van der Waals surface area contributed by atoms with Crippen LogP contribution in [-0.2, 0) is 32.7 Å². The summed E-state index contributed by atoms with van der Waals surface area (Å²) in [5, 5.41) is 0. The van der Waals surface area contributed by atoms with Gasteiger partial charge in [0.05, 0.1) is 0 Å². The number of nitrogens with zero attached hydrogens (tertiary/aromatic N) is 1. The van der Waals surface area contributed by atoms with Gasteiger partial charge in [0, 0.05) is 0 Å². The molecule has 24 heavy (non-hydrogen) atoms. The Bertz CT molecular complexity index is 164. The van der Waals surface area contributed by atoms with E-state index in [-0.39, 0.29) is 55.0 Å². The van der Waals surface area contributed by atoms with Crippen LogP contribution in [0.2, 0.25) is 0 Å². The van der Waals surface area contributed by atoms with E-state index in [1.807, 2.05) is 67.6 Å². The van der Waals surface area contributed by atoms with E-state index in [2.05, 4.69) is 40.5 Å². The van der Waals surface area contributed by atoms with E-state index in [9.17, 15) is 0 Å². The van der Waals surface area contributed by atoms with Gasteiger partial charge in [-0.3, -0.25) is 0 Å². The van der Waals surface area contributed by atoms with E-state index in [1.54, 1.807) is 0 Å². The van der Waals surface area contributed by atoms with Gasteiger partial charge in [0.25, 0.3) is 0 Å². The molecule has 0 radical (unpaired) electrons. The Hall–Kier alpha value is 0.284. The van der Waals surface area contributed by atoms with Crippen molar-refractivity contribution in [1.29, 1.82) is 0 Å². The summed E-state index contributed by atoms with van der Waals surface area (Å²) in [6.45, 7) is 29.0. The number of rotatable bonds is 0. The first-order chi connectivity index (χ1) is 8.66. The van der Waals surface area contributed by atoms with Gasteiger partial charge in [-0.05, 0) is 68.6 Å². The minimum Gasteiger partial charge on any atom is -0.358 e. The Labute approximate surface area is 185 Å². The zero-order valence-corrected chi connectivity index (χ0v) is 23.1. The SMILES string of the molecule is C=C(C)C.C=C(C)C.C=C(C)C.CC(C)C.CN(C)C.[CH3-].[CH3-].[CH3-].[Y+3]. The molecule has 2 heteroatoms. The molecule has 1 nitrogen and oxygen atoms in total. The van der Waals surface area contributed by atoms with Crippen molar-refractivity contribution < 1.29 is 32.7 Å². The van der Waals surface area contributed by atoms with Crippen molar-refractivity contribution in [3.63, 3.8) is 0 Å². The van der Waals surface area contributed by atoms with Crippen LogP contribution in [0.15, 0.2) is 36.5 Å². The van der Waals surface area contributed by atoms with Gasteiger partial charge in [0.15, 0.2) is 0 Å². The molecule has 0 aromatic carbocycles. The number of hydrogen-bond donors (Lipinski definition) is 0. The summed E-state index contributed by atoms with van der Waals surface area (Å²) in [6.07, 6.45) is 0. The molecular formula is C22H52NY. The fraction of sp³-hybridized carbons (Fsp3) is 0.591. The molecule has 0 aromatic heterocycles. The smallest absolute Gasteiger partial charge is 0.358 e. The molecule has 0 N–H and O–H groups in total. The predicted octanol–water partition coefficient (Wildman–Crippen LogP) is 7.94. The maximum Gasteiger partial charge on any atom is 3.00 e. The van der Waals surface area contributed by atoms with Crippen molar-refractivity contribution >= 4 is 0 Å². The summed E-state index contributed by atoms with van der Waals surface area (Å²) in [4.78, 5) is 2.00. The van der Waals surface area contributed by atoms with Crippen molar-refractivity contribution in [2.75, 3.05) is 21.1 Å². The summed E-state index contributed by atoms with van der Waals surface area (Å²) in [7, 11) is 6.00. The standard InChI is InChI=1S/C4H10.3C4H8.C3H9N.3CH3.Y/c5*1-4(2)3;;;;/h4H,1-3H3;3*1H2,2-3H3;1-3H3;3*1H3;/q;;;;;3*-1;+3. The summed E-state index contributed by atoms with van der Waals surface area (Å²) < 4.78 is 0. The van der Waals surface area contributed by atoms with Gasteiger partial charge < -0.3 is 27.2 Å². The van der Waals surface area contributed by atoms with Gasteiger partial charge in [0.2, 0.25) is 0 Å². The van der Waals surface area contributed by atoms with Gasteiger partial charge >= 0.3 is 32.7 Å². The Morgan fingerprint density at radius 2 is 0.583 bits per heavy atom. The normalized spacial score (nSPS) is 6.25. The zero-order valence-electron chi connectivity index (χ0n) is 20.2. The van der Waals surface area contributed by atoms with E-state index >= 15 is 0 Å². The fourth-order valence-corrected chi connectivity index (χ4v) is 0. The summed E-state index contributed by atoms with van der Waals surface area (Å²) >= 11 is 0. The van der Waals surface area contributed by atoms with E-state index in [4.69, 9.17) is 0 Å². The van der Waals surface area contributed by atoms with Crippen LogP contribution in [0.1, 0.15) is 62.3 Å². The molecule has 0 rings (SSSR count). The number of allylic oxidation sites excluding steroid dienone is 3. The fourth-order valence-electron chi connectivity index (χ4n) is 0. The van der Waals surface area contributed by atoms with E-state index in [1.165, 1.54) is 16.7 Å². The third-order valence-electron chi connectivity index (χ3n) is 0. The summed E-state index contributed by atoms with van der Waals surface area (Å²) in [6, 6.07) is 0. The van der Waals surface area contributed by atoms with Crippen LogP contribution in [0, 0.1) is 28.2 Å². The molecule has 0 heterocycles. The van der Waals surface area contributed by atoms with Crippen molar-refractivity contribution in [2.24, 2.45) is 5.92 Å². The first-order valence-electron chi connectivity index (χ1n) is 7.13. The minimum atomic E-state index is 0. The first kappa shape index (κ1) is 56.4. The van der Waals surface area contributed by atoms with Crippen molar-refractivity contribution in [3.05, 3.63) is 58.7 Å². The Kier molecular flexibility index (Phi) is 116. The molecule has 0 aromatic rings. The monoisotopic (exact) mass is 419 g/mol. The molecule has 148 valence electrons. The maximum atomic E-state index is 3.56. The molecule has 0 fully saturated rings. The first-order valence-corrected chi connectivity index (χ1v) is 7.13. The van der Waals surface area contributed by atoms with Crippen LogP contribution in [0.4, 0.5) is 0 Å². The topological polar surface area (TPSA) is 3.24 Å². The van der Waals surface area contributed by atoms with Crippen LogP contribution in [-0.4, -0.2) is 26.0 Å². The largest absolute Gasteiger partial charge is 3.00 e. The molecule has 0 spiro atoms. The second-order valence-corrected chi connectivity index (χ2v) is 6.70. The van der Waals surface area contributed by atoms with E-state index < -0.39 is 0 Å². The van der Waals surface area contributed by atoms with Gasteiger partial charge in [-0.1, -0.05) is 37.5 Å². The molecule has 0 aliphatic heterocycles. The van der Waals surface area contributed by atoms with Crippen LogP contribution >= 0.6 is 0 Å². The molecule has 0 atom stereocenters. The van der Waals surface area contributed by atoms with Crippen LogP contribution in [0.3, 0.4) is 0 Å². The van der Waals surface area contributed by atoms with Gasteiger partial charge in [0.1, 0.15) is 0 Å². The molecule has 0 aliphatic carbocycles. The third kappa shape index (κ3) is 125000. The van der Waals surface area contributed by atoms with Gasteiger partial charge in [-0.25, -0.2) is 0 Å². The molecule has 0 bridgehead atoms.